The van der Waals surface area contributed by atoms with Crippen LogP contribution in [0.2, 0.25) is 0 Å². The van der Waals surface area contributed by atoms with E-state index in [-0.39, 0.29) is 5.91 Å². The van der Waals surface area contributed by atoms with Crippen LogP contribution in [-0.2, 0) is 0 Å². The highest BCUT2D eigenvalue weighted by Gasteiger charge is 2.22. The Labute approximate surface area is 219 Å². The summed E-state index contributed by atoms with van der Waals surface area (Å²) in [7, 11) is 1.73. The van der Waals surface area contributed by atoms with Crippen molar-refractivity contribution in [1.29, 1.82) is 0 Å². The zero-order valence-corrected chi connectivity index (χ0v) is 21.7. The summed E-state index contributed by atoms with van der Waals surface area (Å²) in [5.41, 5.74) is 5.63. The summed E-state index contributed by atoms with van der Waals surface area (Å²) in [5.74, 6) is 1.54. The quantitative estimate of drug-likeness (QED) is 0.243. The summed E-state index contributed by atoms with van der Waals surface area (Å²) in [6, 6.07) is 24.4. The molecule has 1 saturated heterocycles. The number of piperidine rings is 1. The number of H-pyrrole nitrogens is 1. The lowest BCUT2D eigenvalue weighted by molar-refractivity contribution is 0.0953. The van der Waals surface area contributed by atoms with Gasteiger partial charge in [0.05, 0.1) is 7.11 Å². The number of hydrogen-bond acceptors (Lipinski definition) is 3. The lowest BCUT2D eigenvalue weighted by Gasteiger charge is -2.32. The zero-order chi connectivity index (χ0) is 25.5. The van der Waals surface area contributed by atoms with E-state index in [1.54, 1.807) is 7.11 Å². The Morgan fingerprint density at radius 3 is 2.46 bits per heavy atom. The number of carbonyl (C=O) groups excluding carboxylic acids is 1. The Balaban J connectivity index is 0.986. The number of likely N-dealkylation sites (tertiary alicyclic amines) is 1. The number of ether oxygens (including phenoxy) is 1. The highest BCUT2D eigenvalue weighted by molar-refractivity contribution is 5.94. The molecule has 0 bridgehead atoms. The van der Waals surface area contributed by atoms with Crippen LogP contribution < -0.4 is 10.1 Å². The fourth-order valence-corrected chi connectivity index (χ4v) is 5.44. The molecular formula is C32H37N3O2. The van der Waals surface area contributed by atoms with Gasteiger partial charge < -0.3 is 19.9 Å². The van der Waals surface area contributed by atoms with E-state index in [1.807, 2.05) is 48.5 Å². The van der Waals surface area contributed by atoms with E-state index in [2.05, 4.69) is 45.7 Å². The van der Waals surface area contributed by atoms with Crippen molar-refractivity contribution in [3.63, 3.8) is 0 Å². The van der Waals surface area contributed by atoms with Crippen LogP contribution in [0.1, 0.15) is 53.9 Å². The molecule has 192 valence electrons. The van der Waals surface area contributed by atoms with Gasteiger partial charge in [-0.3, -0.25) is 4.79 Å². The van der Waals surface area contributed by atoms with Gasteiger partial charge in [-0.25, -0.2) is 0 Å². The Kier molecular flexibility index (Phi) is 8.21. The lowest BCUT2D eigenvalue weighted by atomic mass is 9.89. The number of unbranched alkanes of at least 4 members (excludes halogenated alkanes) is 2. The molecule has 0 radical (unpaired) electrons. The van der Waals surface area contributed by atoms with Crippen molar-refractivity contribution >= 4 is 16.8 Å². The van der Waals surface area contributed by atoms with Crippen LogP contribution in [-0.4, -0.2) is 49.1 Å². The molecule has 1 aliphatic heterocycles. The number of carbonyl (C=O) groups is 1. The third-order valence-corrected chi connectivity index (χ3v) is 7.64. The number of aromatic nitrogens is 1. The predicted molar refractivity (Wildman–Crippen MR) is 151 cm³/mol. The maximum absolute atomic E-state index is 12.5. The van der Waals surface area contributed by atoms with Crippen molar-refractivity contribution in [3.8, 4) is 16.9 Å². The molecule has 0 saturated carbocycles. The van der Waals surface area contributed by atoms with Crippen LogP contribution in [0, 0.1) is 0 Å². The number of nitrogens with one attached hydrogen (secondary N) is 2. The molecule has 1 aliphatic rings. The van der Waals surface area contributed by atoms with E-state index in [0.717, 1.165) is 61.5 Å². The molecule has 1 amide bonds. The molecule has 3 aromatic carbocycles. The first-order valence-electron chi connectivity index (χ1n) is 13.5. The van der Waals surface area contributed by atoms with Gasteiger partial charge in [0.2, 0.25) is 0 Å². The fourth-order valence-electron chi connectivity index (χ4n) is 5.44. The average Bonchev–Trinajstić information content (AvgIpc) is 3.39. The zero-order valence-electron chi connectivity index (χ0n) is 21.7. The van der Waals surface area contributed by atoms with Gasteiger partial charge in [0.15, 0.2) is 0 Å². The normalized spacial score (nSPS) is 14.6. The molecule has 5 heteroatoms. The van der Waals surface area contributed by atoms with Crippen LogP contribution in [0.15, 0.2) is 79.0 Å². The van der Waals surface area contributed by atoms with Gasteiger partial charge in [-0.15, -0.1) is 0 Å². The Bertz CT molecular complexity index is 1290. The van der Waals surface area contributed by atoms with Gasteiger partial charge in [0, 0.05) is 29.2 Å². The summed E-state index contributed by atoms with van der Waals surface area (Å²) in [4.78, 5) is 18.5. The van der Waals surface area contributed by atoms with Crippen molar-refractivity contribution in [2.75, 3.05) is 33.3 Å². The molecule has 37 heavy (non-hydrogen) atoms. The van der Waals surface area contributed by atoms with Crippen molar-refractivity contribution < 1.29 is 9.53 Å². The number of hydrogen-bond donors (Lipinski definition) is 2. The third kappa shape index (κ3) is 6.23. The minimum absolute atomic E-state index is 0.0107. The summed E-state index contributed by atoms with van der Waals surface area (Å²) in [5, 5.41) is 4.37. The maximum Gasteiger partial charge on any atom is 0.251 e. The SMILES string of the molecule is COc1ccc2[nH]cc(C3CCN(CCCCCNC(=O)c4ccc(-c5ccccc5)cc4)CC3)c2c1. The lowest BCUT2D eigenvalue weighted by Crippen LogP contribution is -2.33. The number of rotatable bonds is 10. The van der Waals surface area contributed by atoms with Gasteiger partial charge in [-0.2, -0.15) is 0 Å². The number of benzene rings is 3. The van der Waals surface area contributed by atoms with E-state index >= 15 is 0 Å². The van der Waals surface area contributed by atoms with Gasteiger partial charge >= 0.3 is 0 Å². The van der Waals surface area contributed by atoms with E-state index in [0.29, 0.717) is 5.92 Å². The van der Waals surface area contributed by atoms with E-state index in [4.69, 9.17) is 4.74 Å². The molecule has 2 N–H and O–H groups in total. The van der Waals surface area contributed by atoms with E-state index in [1.165, 1.54) is 35.7 Å². The van der Waals surface area contributed by atoms with Crippen LogP contribution in [0.5, 0.6) is 5.75 Å². The molecule has 0 atom stereocenters. The number of aromatic amines is 1. The van der Waals surface area contributed by atoms with Crippen molar-refractivity contribution in [3.05, 3.63) is 90.1 Å². The van der Waals surface area contributed by atoms with Crippen molar-refractivity contribution in [2.45, 2.75) is 38.0 Å². The highest BCUT2D eigenvalue weighted by atomic mass is 16.5. The summed E-state index contributed by atoms with van der Waals surface area (Å²) < 4.78 is 5.43. The molecular weight excluding hydrogens is 458 g/mol. The predicted octanol–water partition coefficient (Wildman–Crippen LogP) is 6.62. The number of amides is 1. The molecule has 0 unspecified atom stereocenters. The number of methoxy groups -OCH3 is 1. The second-order valence-corrected chi connectivity index (χ2v) is 10.0. The van der Waals surface area contributed by atoms with Gasteiger partial charge in [-0.1, -0.05) is 48.9 Å². The monoisotopic (exact) mass is 495 g/mol. The smallest absolute Gasteiger partial charge is 0.251 e. The molecule has 2 heterocycles. The molecule has 5 rings (SSSR count). The van der Waals surface area contributed by atoms with Gasteiger partial charge in [0.25, 0.3) is 5.91 Å². The van der Waals surface area contributed by atoms with Crippen molar-refractivity contribution in [1.82, 2.24) is 15.2 Å². The van der Waals surface area contributed by atoms with E-state index in [9.17, 15) is 4.79 Å². The second kappa shape index (κ2) is 12.1. The van der Waals surface area contributed by atoms with Crippen LogP contribution in [0.4, 0.5) is 0 Å². The number of fused-ring (bicyclic) bond motifs is 1. The van der Waals surface area contributed by atoms with E-state index < -0.39 is 0 Å². The minimum atomic E-state index is 0.0107. The van der Waals surface area contributed by atoms with Crippen molar-refractivity contribution in [2.24, 2.45) is 0 Å². The van der Waals surface area contributed by atoms with Crippen LogP contribution in [0.25, 0.3) is 22.0 Å². The van der Waals surface area contributed by atoms with Crippen LogP contribution in [0.3, 0.4) is 0 Å². The maximum atomic E-state index is 12.5. The first-order valence-corrected chi connectivity index (χ1v) is 13.5. The molecule has 1 fully saturated rings. The van der Waals surface area contributed by atoms with Crippen LogP contribution >= 0.6 is 0 Å². The van der Waals surface area contributed by atoms with Gasteiger partial charge in [0.1, 0.15) is 5.75 Å². The molecule has 5 nitrogen and oxygen atoms in total. The largest absolute Gasteiger partial charge is 0.497 e. The number of nitrogens with zero attached hydrogens (tertiary/aromatic N) is 1. The Morgan fingerprint density at radius 1 is 0.946 bits per heavy atom. The summed E-state index contributed by atoms with van der Waals surface area (Å²) >= 11 is 0. The first kappa shape index (κ1) is 25.1. The summed E-state index contributed by atoms with van der Waals surface area (Å²) in [6.45, 7) is 4.17. The average molecular weight is 496 g/mol. The highest BCUT2D eigenvalue weighted by Crippen LogP contribution is 2.34. The first-order chi connectivity index (χ1) is 18.2. The Morgan fingerprint density at radius 2 is 1.70 bits per heavy atom. The van der Waals surface area contributed by atoms with Gasteiger partial charge in [-0.05, 0) is 98.3 Å². The summed E-state index contributed by atoms with van der Waals surface area (Å²) in [6.07, 6.45) is 7.91. The molecule has 4 aromatic rings. The second-order valence-electron chi connectivity index (χ2n) is 10.0. The molecule has 1 aromatic heterocycles. The molecule has 0 spiro atoms. The minimum Gasteiger partial charge on any atom is -0.497 e. The standard InChI is InChI=1S/C32H37N3O2/c1-37-28-14-15-31-29(22-28)30(23-34-31)26-16-20-35(21-17-26)19-7-3-6-18-33-32(36)27-12-10-25(11-13-27)24-8-4-2-5-9-24/h2,4-5,8-15,22-23,26,34H,3,6-7,16-21H2,1H3,(H,33,36). The Hall–Kier alpha value is -3.57. The fraction of sp³-hybridized carbons (Fsp3) is 0.344. The third-order valence-electron chi connectivity index (χ3n) is 7.64. The topological polar surface area (TPSA) is 57.4 Å². The molecule has 0 aliphatic carbocycles.